The van der Waals surface area contributed by atoms with Gasteiger partial charge in [0.2, 0.25) is 11.8 Å². The number of amides is 2. The van der Waals surface area contributed by atoms with E-state index in [-0.39, 0.29) is 42.1 Å². The van der Waals surface area contributed by atoms with Crippen molar-refractivity contribution in [3.8, 4) is 16.9 Å². The van der Waals surface area contributed by atoms with Crippen molar-refractivity contribution in [2.45, 2.75) is 37.9 Å². The summed E-state index contributed by atoms with van der Waals surface area (Å²) in [6, 6.07) is 8.48. The van der Waals surface area contributed by atoms with Crippen LogP contribution in [0, 0.1) is 17.8 Å². The summed E-state index contributed by atoms with van der Waals surface area (Å²) in [7, 11) is 3.58. The maximum atomic E-state index is 14.0. The summed E-state index contributed by atoms with van der Waals surface area (Å²) >= 11 is 0. The summed E-state index contributed by atoms with van der Waals surface area (Å²) in [5.41, 5.74) is 4.97. The normalized spacial score (nSPS) is 27.4. The van der Waals surface area contributed by atoms with Gasteiger partial charge in [0.25, 0.3) is 0 Å². The number of phenolic OH excluding ortho intramolecular Hbond substituents is 1. The van der Waals surface area contributed by atoms with E-state index < -0.39 is 52.7 Å². The number of nitrogens with zero attached hydrogens (tertiary/aromatic N) is 1. The van der Waals surface area contributed by atoms with Crippen LogP contribution in [0.25, 0.3) is 11.1 Å². The minimum absolute atomic E-state index is 0.0688. The van der Waals surface area contributed by atoms with E-state index in [4.69, 9.17) is 5.73 Å². The first-order valence-electron chi connectivity index (χ1n) is 12.9. The lowest BCUT2D eigenvalue weighted by molar-refractivity contribution is -0.167. The van der Waals surface area contributed by atoms with Crippen LogP contribution in [-0.4, -0.2) is 69.6 Å². The molecule has 3 aliphatic carbocycles. The molecule has 1 saturated carbocycles. The van der Waals surface area contributed by atoms with Crippen LogP contribution in [0.3, 0.4) is 0 Å². The number of hydrogen-bond acceptors (Lipinski definition) is 9. The summed E-state index contributed by atoms with van der Waals surface area (Å²) in [5.74, 6) is -7.80. The van der Waals surface area contributed by atoms with Crippen LogP contribution < -0.4 is 16.0 Å². The lowest BCUT2D eigenvalue weighted by Crippen LogP contribution is -2.63. The van der Waals surface area contributed by atoms with Crippen LogP contribution in [0.2, 0.25) is 0 Å². The van der Waals surface area contributed by atoms with Crippen molar-refractivity contribution in [1.29, 1.82) is 0 Å². The van der Waals surface area contributed by atoms with Gasteiger partial charge in [0.15, 0.2) is 17.2 Å². The van der Waals surface area contributed by atoms with E-state index >= 15 is 0 Å². The number of benzene rings is 2. The number of hydrogen-bond donors (Lipinski definition) is 6. The summed E-state index contributed by atoms with van der Waals surface area (Å²) in [4.78, 5) is 52.5. The second-order valence-electron chi connectivity index (χ2n) is 11.0. The van der Waals surface area contributed by atoms with Gasteiger partial charge in [-0.2, -0.15) is 0 Å². The Balaban J connectivity index is 1.69. The highest BCUT2D eigenvalue weighted by atomic mass is 16.3. The van der Waals surface area contributed by atoms with Gasteiger partial charge < -0.3 is 36.4 Å². The third-order valence-electron chi connectivity index (χ3n) is 8.34. The molecule has 210 valence electrons. The molecule has 2 aromatic carbocycles. The zero-order chi connectivity index (χ0) is 29.3. The SMILES string of the molecule is CC(=O)Nc1cccc(-c2cc(N(C)C)c3c(c2O)C(=O)C2=C(O)[C@]4(O)C(=O)C(C(N)=O)C(O)C[C@@H]4C[C@@H]2C3)c1. The van der Waals surface area contributed by atoms with Crippen molar-refractivity contribution < 1.29 is 39.6 Å². The molecular weight excluding hydrogens is 518 g/mol. The molecule has 5 atom stereocenters. The third kappa shape index (κ3) is 3.96. The number of Topliss-reactive ketones (excluding diaryl/α,β-unsaturated/α-hetero) is 2. The lowest BCUT2D eigenvalue weighted by Gasteiger charge is -2.48. The number of allylic oxidation sites excluding steroid dienone is 1. The van der Waals surface area contributed by atoms with Gasteiger partial charge in [-0.1, -0.05) is 12.1 Å². The second-order valence-corrected chi connectivity index (χ2v) is 11.0. The van der Waals surface area contributed by atoms with Gasteiger partial charge in [-0.25, -0.2) is 0 Å². The molecule has 7 N–H and O–H groups in total. The number of nitrogens with two attached hydrogens (primary N) is 1. The molecule has 0 spiro atoms. The molecule has 0 heterocycles. The van der Waals surface area contributed by atoms with E-state index in [1.807, 2.05) is 0 Å². The maximum Gasteiger partial charge on any atom is 0.230 e. The number of fused-ring (bicyclic) bond motifs is 3. The first-order chi connectivity index (χ1) is 18.8. The molecule has 0 aromatic heterocycles. The van der Waals surface area contributed by atoms with Crippen LogP contribution >= 0.6 is 0 Å². The number of ketones is 2. The van der Waals surface area contributed by atoms with Crippen molar-refractivity contribution in [3.63, 3.8) is 0 Å². The number of carbonyl (C=O) groups excluding carboxylic acids is 4. The lowest BCUT2D eigenvalue weighted by atomic mass is 9.57. The fourth-order valence-electron chi connectivity index (χ4n) is 6.56. The summed E-state index contributed by atoms with van der Waals surface area (Å²) in [5, 5.41) is 47.4. The number of aliphatic hydroxyl groups is 3. The summed E-state index contributed by atoms with van der Waals surface area (Å²) < 4.78 is 0. The minimum Gasteiger partial charge on any atom is -0.508 e. The Bertz CT molecular complexity index is 1510. The molecule has 0 bridgehead atoms. The highest BCUT2D eigenvalue weighted by Crippen LogP contribution is 2.53. The van der Waals surface area contributed by atoms with Crippen LogP contribution in [0.5, 0.6) is 5.75 Å². The van der Waals surface area contributed by atoms with Crippen LogP contribution in [0.4, 0.5) is 11.4 Å². The molecule has 0 aliphatic heterocycles. The number of aromatic hydroxyl groups is 1. The summed E-state index contributed by atoms with van der Waals surface area (Å²) in [6.07, 6.45) is -1.29. The number of primary amides is 1. The van der Waals surface area contributed by atoms with E-state index in [1.165, 1.54) is 6.92 Å². The zero-order valence-corrected chi connectivity index (χ0v) is 22.3. The van der Waals surface area contributed by atoms with Gasteiger partial charge in [-0.05, 0) is 54.5 Å². The van der Waals surface area contributed by atoms with E-state index in [2.05, 4.69) is 5.32 Å². The van der Waals surface area contributed by atoms with Crippen molar-refractivity contribution >= 4 is 34.8 Å². The molecule has 1 fully saturated rings. The zero-order valence-electron chi connectivity index (χ0n) is 22.3. The Labute approximate surface area is 229 Å². The maximum absolute atomic E-state index is 14.0. The van der Waals surface area contributed by atoms with Crippen molar-refractivity contribution in [3.05, 3.63) is 52.8 Å². The van der Waals surface area contributed by atoms with Crippen molar-refractivity contribution in [1.82, 2.24) is 0 Å². The number of phenols is 1. The van der Waals surface area contributed by atoms with Crippen LogP contribution in [0.15, 0.2) is 41.7 Å². The number of carbonyl (C=O) groups is 4. The van der Waals surface area contributed by atoms with Gasteiger partial charge in [-0.3, -0.25) is 19.2 Å². The van der Waals surface area contributed by atoms with Crippen molar-refractivity contribution in [2.24, 2.45) is 23.5 Å². The van der Waals surface area contributed by atoms with Gasteiger partial charge in [-0.15, -0.1) is 0 Å². The average Bonchev–Trinajstić information content (AvgIpc) is 2.85. The van der Waals surface area contributed by atoms with Crippen LogP contribution in [0.1, 0.15) is 35.7 Å². The molecule has 11 nitrogen and oxygen atoms in total. The smallest absolute Gasteiger partial charge is 0.230 e. The average molecular weight is 550 g/mol. The minimum atomic E-state index is -2.57. The number of aliphatic hydroxyl groups excluding tert-OH is 2. The number of nitrogens with one attached hydrogen (secondary N) is 1. The molecule has 2 unspecified atom stereocenters. The molecule has 0 radical (unpaired) electrons. The summed E-state index contributed by atoms with van der Waals surface area (Å²) in [6.45, 7) is 1.37. The quantitative estimate of drug-likeness (QED) is 0.306. The predicted octanol–water partition coefficient (Wildman–Crippen LogP) is 1.44. The van der Waals surface area contributed by atoms with E-state index in [9.17, 15) is 39.6 Å². The Kier molecular flexibility index (Phi) is 6.47. The van der Waals surface area contributed by atoms with Gasteiger partial charge in [0.05, 0.1) is 11.7 Å². The first kappa shape index (κ1) is 27.4. The molecular formula is C29H31N3O8. The fourth-order valence-corrected chi connectivity index (χ4v) is 6.56. The number of rotatable bonds is 4. The molecule has 3 aliphatic rings. The molecule has 11 heteroatoms. The topological polar surface area (TPSA) is 190 Å². The highest BCUT2D eigenvalue weighted by molar-refractivity contribution is 6.17. The Morgan fingerprint density at radius 1 is 1.12 bits per heavy atom. The highest BCUT2D eigenvalue weighted by Gasteiger charge is 2.62. The third-order valence-corrected chi connectivity index (χ3v) is 8.34. The number of anilines is 2. The van der Waals surface area contributed by atoms with Gasteiger partial charge >= 0.3 is 0 Å². The van der Waals surface area contributed by atoms with E-state index in [0.29, 0.717) is 28.1 Å². The largest absolute Gasteiger partial charge is 0.508 e. The van der Waals surface area contributed by atoms with E-state index in [0.717, 1.165) is 0 Å². The molecule has 2 aromatic rings. The van der Waals surface area contributed by atoms with E-state index in [1.54, 1.807) is 49.3 Å². The molecule has 0 saturated heterocycles. The fraction of sp³-hybridized carbons (Fsp3) is 0.379. The molecule has 5 rings (SSSR count). The molecule has 40 heavy (non-hydrogen) atoms. The Morgan fingerprint density at radius 3 is 2.45 bits per heavy atom. The van der Waals surface area contributed by atoms with Gasteiger partial charge in [0.1, 0.15) is 17.4 Å². The Hall–Kier alpha value is -4.22. The first-order valence-corrected chi connectivity index (χ1v) is 12.9. The predicted molar refractivity (Wildman–Crippen MR) is 145 cm³/mol. The second kappa shape index (κ2) is 9.46. The van der Waals surface area contributed by atoms with Gasteiger partial charge in [0, 0.05) is 49.4 Å². The standard InChI is InChI=1S/C29H31N3O8/c1-12(33)31-16-6-4-5-13(8-16)17-11-19(32(2)3)18-9-14-7-15-10-20(34)23(28(30)39)27(38)29(15,40)26(37)21(14)25(36)22(18)24(17)35/h4-6,8,11,14-15,20,23,34-35,37,40H,7,9-10H2,1-3H3,(H2,30,39)(H,31,33)/t14-,15+,20?,23?,29+/m1/s1. The Morgan fingerprint density at radius 2 is 1.82 bits per heavy atom. The van der Waals surface area contributed by atoms with Crippen molar-refractivity contribution in [2.75, 3.05) is 24.3 Å². The van der Waals surface area contributed by atoms with Crippen LogP contribution in [-0.2, 0) is 20.8 Å². The monoisotopic (exact) mass is 549 g/mol. The molecule has 2 amide bonds.